The van der Waals surface area contributed by atoms with Gasteiger partial charge < -0.3 is 14.7 Å². The number of para-hydroxylation sites is 1. The molecule has 0 aliphatic carbocycles. The van der Waals surface area contributed by atoms with Gasteiger partial charge in [-0.3, -0.25) is 14.6 Å². The molecule has 4 aromatic rings. The molecular formula is C32H32N2O4. The predicted molar refractivity (Wildman–Crippen MR) is 148 cm³/mol. The number of ether oxygens (including phenoxy) is 1. The molecule has 0 bridgehead atoms. The van der Waals surface area contributed by atoms with E-state index in [-0.39, 0.29) is 18.9 Å². The first kappa shape index (κ1) is 25.2. The van der Waals surface area contributed by atoms with Gasteiger partial charge in [0.15, 0.2) is 0 Å². The van der Waals surface area contributed by atoms with Crippen LogP contribution < -0.4 is 4.74 Å². The lowest BCUT2D eigenvalue weighted by Crippen LogP contribution is -2.30. The van der Waals surface area contributed by atoms with Crippen molar-refractivity contribution in [3.8, 4) is 16.9 Å². The Bertz CT molecular complexity index is 1350. The summed E-state index contributed by atoms with van der Waals surface area (Å²) < 4.78 is 15.2. The van der Waals surface area contributed by atoms with Crippen molar-refractivity contribution in [1.29, 1.82) is 0 Å². The normalized spacial score (nSPS) is 11.8. The Morgan fingerprint density at radius 2 is 1.50 bits per heavy atom. The molecule has 6 heteroatoms. The number of benzene rings is 3. The number of carbonyl (C=O) groups excluding carboxylic acids is 1. The molecule has 0 aliphatic rings. The number of aromatic nitrogens is 1. The van der Waals surface area contributed by atoms with Crippen LogP contribution in [0.1, 0.15) is 48.5 Å². The Kier molecular flexibility index (Phi) is 9.12. The topological polar surface area (TPSA) is 79.7 Å². The third-order valence-corrected chi connectivity index (χ3v) is 6.11. The maximum absolute atomic E-state index is 13.8. The number of carboxylic acid groups (broad SMARTS) is 1. The molecule has 0 radical (unpaired) electrons. The summed E-state index contributed by atoms with van der Waals surface area (Å²) in [5.41, 5.74) is 4.01. The van der Waals surface area contributed by atoms with E-state index in [2.05, 4.69) is 4.98 Å². The molecule has 4 rings (SSSR count). The van der Waals surface area contributed by atoms with Crippen molar-refractivity contribution in [3.05, 3.63) is 120 Å². The molecule has 194 valence electrons. The number of carbonyl (C=O) groups is 2. The standard InChI is InChI=1S/C32H32N2O4/c35-31(36)13-5-2-8-22-38-30-12-7-6-11-29(30)24-34(23-25-9-3-1-4-10-25)32(37)28-16-14-26(15-17-28)27-18-20-33-21-19-27/h1,3-4,6-7,9-12,14-21H,2,5,8,13,22-24H2,(H,35,36)/i24D. The minimum atomic E-state index is -0.999. The molecule has 0 saturated heterocycles. The largest absolute Gasteiger partial charge is 0.493 e. The first-order valence-corrected chi connectivity index (χ1v) is 12.7. The average Bonchev–Trinajstić information content (AvgIpc) is 2.98. The number of nitrogens with zero attached hydrogens (tertiary/aromatic N) is 2. The van der Waals surface area contributed by atoms with Gasteiger partial charge in [0, 0.05) is 43.0 Å². The molecule has 6 nitrogen and oxygen atoms in total. The van der Waals surface area contributed by atoms with Gasteiger partial charge in [0.2, 0.25) is 0 Å². The van der Waals surface area contributed by atoms with Crippen LogP contribution in [0.4, 0.5) is 0 Å². The number of aliphatic carboxylic acids is 1. The van der Waals surface area contributed by atoms with E-state index in [0.717, 1.165) is 23.1 Å². The number of carboxylic acids is 1. The van der Waals surface area contributed by atoms with Crippen LogP contribution in [0.5, 0.6) is 5.75 Å². The minimum Gasteiger partial charge on any atom is -0.493 e. The van der Waals surface area contributed by atoms with E-state index in [9.17, 15) is 9.59 Å². The monoisotopic (exact) mass is 509 g/mol. The van der Waals surface area contributed by atoms with Crippen molar-refractivity contribution in [3.63, 3.8) is 0 Å². The second kappa shape index (κ2) is 13.7. The highest BCUT2D eigenvalue weighted by Crippen LogP contribution is 2.24. The third kappa shape index (κ3) is 7.77. The van der Waals surface area contributed by atoms with Gasteiger partial charge in [-0.1, -0.05) is 60.7 Å². The molecule has 3 aromatic carbocycles. The minimum absolute atomic E-state index is 0.144. The zero-order valence-corrected chi connectivity index (χ0v) is 21.2. The third-order valence-electron chi connectivity index (χ3n) is 6.11. The van der Waals surface area contributed by atoms with Crippen molar-refractivity contribution in [2.45, 2.75) is 38.7 Å². The fraction of sp³-hybridized carbons (Fsp3) is 0.219. The maximum atomic E-state index is 13.8. The van der Waals surface area contributed by atoms with Crippen LogP contribution in [0, 0.1) is 0 Å². The van der Waals surface area contributed by atoms with E-state index >= 15 is 0 Å². The van der Waals surface area contributed by atoms with Crippen LogP contribution in [0.2, 0.25) is 0 Å². The highest BCUT2D eigenvalue weighted by Gasteiger charge is 2.19. The molecule has 1 amide bonds. The number of hydrogen-bond donors (Lipinski definition) is 1. The average molecular weight is 510 g/mol. The summed E-state index contributed by atoms with van der Waals surface area (Å²) in [5.74, 6) is -0.494. The fourth-order valence-electron chi connectivity index (χ4n) is 4.10. The number of hydrogen-bond acceptors (Lipinski definition) is 4. The number of unbranched alkanes of at least 4 members (excludes halogenated alkanes) is 2. The molecule has 38 heavy (non-hydrogen) atoms. The molecule has 0 aliphatic heterocycles. The molecule has 1 unspecified atom stereocenters. The summed E-state index contributed by atoms with van der Waals surface area (Å²) >= 11 is 0. The van der Waals surface area contributed by atoms with Crippen LogP contribution in [0.3, 0.4) is 0 Å². The van der Waals surface area contributed by atoms with Gasteiger partial charge in [-0.05, 0) is 66.3 Å². The van der Waals surface area contributed by atoms with Gasteiger partial charge in [-0.2, -0.15) is 0 Å². The SMILES string of the molecule is [2H]C(c1ccccc1OCCCCCC(=O)O)N(Cc1ccccc1)C(=O)c1ccc(-c2ccncc2)cc1. The van der Waals surface area contributed by atoms with Gasteiger partial charge in [0.25, 0.3) is 5.91 Å². The second-order valence-electron chi connectivity index (χ2n) is 8.95. The summed E-state index contributed by atoms with van der Waals surface area (Å²) in [7, 11) is 0. The van der Waals surface area contributed by atoms with Crippen molar-refractivity contribution < 1.29 is 20.8 Å². The second-order valence-corrected chi connectivity index (χ2v) is 8.95. The van der Waals surface area contributed by atoms with Gasteiger partial charge >= 0.3 is 5.97 Å². The molecule has 0 saturated carbocycles. The zero-order valence-electron chi connectivity index (χ0n) is 22.2. The molecule has 1 atom stereocenters. The van der Waals surface area contributed by atoms with Crippen molar-refractivity contribution in [2.75, 3.05) is 6.61 Å². The van der Waals surface area contributed by atoms with Crippen molar-refractivity contribution in [2.24, 2.45) is 0 Å². The highest BCUT2D eigenvalue weighted by atomic mass is 16.5. The summed E-state index contributed by atoms with van der Waals surface area (Å²) in [4.78, 5) is 30.1. The van der Waals surface area contributed by atoms with Gasteiger partial charge in [0.1, 0.15) is 5.75 Å². The van der Waals surface area contributed by atoms with Crippen LogP contribution in [0.25, 0.3) is 11.1 Å². The van der Waals surface area contributed by atoms with Crippen molar-refractivity contribution >= 4 is 11.9 Å². The summed E-state index contributed by atoms with van der Waals surface area (Å²) in [5, 5.41) is 8.81. The maximum Gasteiger partial charge on any atom is 0.303 e. The van der Waals surface area contributed by atoms with Crippen LogP contribution in [-0.2, 0) is 17.9 Å². The van der Waals surface area contributed by atoms with Crippen LogP contribution in [0.15, 0.2) is 103 Å². The smallest absolute Gasteiger partial charge is 0.303 e. The first-order chi connectivity index (χ1) is 19.0. The van der Waals surface area contributed by atoms with Crippen LogP contribution >= 0.6 is 0 Å². The molecule has 1 heterocycles. The van der Waals surface area contributed by atoms with Crippen LogP contribution in [-0.4, -0.2) is 33.5 Å². The van der Waals surface area contributed by atoms with Crippen molar-refractivity contribution in [1.82, 2.24) is 9.88 Å². The quantitative estimate of drug-likeness (QED) is 0.205. The lowest BCUT2D eigenvalue weighted by atomic mass is 10.0. The zero-order chi connectivity index (χ0) is 27.5. The Hall–Kier alpha value is -4.45. The van der Waals surface area contributed by atoms with E-state index in [4.69, 9.17) is 11.2 Å². The number of amides is 1. The molecule has 1 aromatic heterocycles. The Balaban J connectivity index is 1.54. The van der Waals surface area contributed by atoms with E-state index in [1.54, 1.807) is 29.4 Å². The lowest BCUT2D eigenvalue weighted by Gasteiger charge is -2.24. The van der Waals surface area contributed by atoms with E-state index in [0.29, 0.717) is 36.3 Å². The fourth-order valence-corrected chi connectivity index (χ4v) is 4.10. The van der Waals surface area contributed by atoms with E-state index in [1.165, 1.54) is 0 Å². The highest BCUT2D eigenvalue weighted by molar-refractivity contribution is 5.94. The van der Waals surface area contributed by atoms with Gasteiger partial charge in [0.05, 0.1) is 7.98 Å². The lowest BCUT2D eigenvalue weighted by molar-refractivity contribution is -0.137. The number of pyridine rings is 1. The van der Waals surface area contributed by atoms with Gasteiger partial charge in [-0.25, -0.2) is 0 Å². The van der Waals surface area contributed by atoms with E-state index < -0.39 is 12.5 Å². The Morgan fingerprint density at radius 3 is 2.24 bits per heavy atom. The predicted octanol–water partition coefficient (Wildman–Crippen LogP) is 6.62. The molecular weight excluding hydrogens is 476 g/mol. The molecule has 0 spiro atoms. The summed E-state index contributed by atoms with van der Waals surface area (Å²) in [6.45, 7) is -0.323. The van der Waals surface area contributed by atoms with E-state index in [1.807, 2.05) is 78.9 Å². The summed E-state index contributed by atoms with van der Waals surface area (Å²) in [6.07, 6.45) is 5.66. The Labute approximate surface area is 225 Å². The summed E-state index contributed by atoms with van der Waals surface area (Å²) in [6, 6.07) is 28.2. The first-order valence-electron chi connectivity index (χ1n) is 13.3. The number of rotatable bonds is 13. The Morgan fingerprint density at radius 1 is 0.816 bits per heavy atom. The molecule has 0 fully saturated rings. The van der Waals surface area contributed by atoms with Gasteiger partial charge in [-0.15, -0.1) is 0 Å². The molecule has 1 N–H and O–H groups in total.